The molecule has 286 valence electrons. The van der Waals surface area contributed by atoms with Crippen molar-refractivity contribution in [2.45, 2.75) is 83.0 Å². The van der Waals surface area contributed by atoms with Crippen LogP contribution in [0.1, 0.15) is 78.2 Å². The van der Waals surface area contributed by atoms with Crippen LogP contribution in [0.2, 0.25) is 0 Å². The number of hydrogen-bond donors (Lipinski definition) is 8. The maximum absolute atomic E-state index is 13.9. The Kier molecular flexibility index (Phi) is 15.5. The van der Waals surface area contributed by atoms with Gasteiger partial charge >= 0.3 is 12.1 Å². The highest BCUT2D eigenvalue weighted by Gasteiger charge is 2.29. The predicted octanol–water partition coefficient (Wildman–Crippen LogP) is 2.65. The molecule has 10 N–H and O–H groups in total. The second-order valence-corrected chi connectivity index (χ2v) is 15.2. The summed E-state index contributed by atoms with van der Waals surface area (Å²) >= 11 is 0. The summed E-state index contributed by atoms with van der Waals surface area (Å²) in [5.74, 6) is -3.04. The molecule has 3 aromatic carbocycles. The van der Waals surface area contributed by atoms with Gasteiger partial charge in [-0.25, -0.2) is 22.7 Å². The average Bonchev–Trinajstić information content (AvgIpc) is 3.09. The van der Waals surface area contributed by atoms with Crippen molar-refractivity contribution in [3.8, 4) is 0 Å². The summed E-state index contributed by atoms with van der Waals surface area (Å²) in [7, 11) is -4.15. The van der Waals surface area contributed by atoms with E-state index in [2.05, 4.69) is 20.7 Å². The second kappa shape index (κ2) is 19.5. The van der Waals surface area contributed by atoms with Gasteiger partial charge in [0.15, 0.2) is 0 Å². The number of rotatable bonds is 19. The summed E-state index contributed by atoms with van der Waals surface area (Å²) in [6.07, 6.45) is 0.195. The van der Waals surface area contributed by atoms with Gasteiger partial charge in [0.25, 0.3) is 0 Å². The van der Waals surface area contributed by atoms with E-state index in [0.717, 1.165) is 16.7 Å². The molecule has 0 aliphatic rings. The number of nitrogen functional groups attached to an aromatic ring is 1. The fourth-order valence-electron chi connectivity index (χ4n) is 5.16. The van der Waals surface area contributed by atoms with Crippen LogP contribution in [0.5, 0.6) is 0 Å². The number of amidine groups is 1. The third-order valence-electron chi connectivity index (χ3n) is 7.82. The van der Waals surface area contributed by atoms with Gasteiger partial charge in [-0.1, -0.05) is 60.7 Å². The second-order valence-electron chi connectivity index (χ2n) is 13.5. The Morgan fingerprint density at radius 3 is 2.06 bits per heavy atom. The highest BCUT2D eigenvalue weighted by atomic mass is 32.2. The molecule has 3 amide bonds. The van der Waals surface area contributed by atoms with E-state index in [4.69, 9.17) is 21.6 Å². The van der Waals surface area contributed by atoms with Crippen molar-refractivity contribution >= 4 is 39.7 Å². The third-order valence-corrected chi connectivity index (χ3v) is 9.17. The van der Waals surface area contributed by atoms with Crippen molar-refractivity contribution in [3.05, 3.63) is 106 Å². The minimum absolute atomic E-state index is 0.00857. The summed E-state index contributed by atoms with van der Waals surface area (Å²) in [5.41, 5.74) is 13.8. The standard InChI is InChI=1S/C37H49N7O8S/c1-37(2,3)52-36(49)41-18-5-4-9-30(44-53(50,51)23-25-12-16-29(17-13-25)35(47)48)34(46)43-31(20-26-7-6-8-27(19-26)21-38)33(45)42-22-24-10-14-28(15-11-24)32(39)40/h6-8,10-17,19,30-31,44H,4-5,9,18,20-23,38H2,1-3H3,(H3,39,40)(H,41,49)(H,42,45)(H,43,46)(H,47,48)/t30-,31+/m1/s1. The summed E-state index contributed by atoms with van der Waals surface area (Å²) in [6, 6.07) is 16.9. The number of nitrogens with one attached hydrogen (secondary N) is 5. The van der Waals surface area contributed by atoms with Crippen LogP contribution >= 0.6 is 0 Å². The number of amides is 3. The Balaban J connectivity index is 1.80. The summed E-state index contributed by atoms with van der Waals surface area (Å²) in [6.45, 7) is 5.78. The molecule has 0 aromatic heterocycles. The topological polar surface area (TPSA) is 256 Å². The molecule has 0 aliphatic heterocycles. The Bertz CT molecular complexity index is 1840. The van der Waals surface area contributed by atoms with Gasteiger partial charge in [0.1, 0.15) is 23.5 Å². The van der Waals surface area contributed by atoms with Gasteiger partial charge in [-0.3, -0.25) is 15.0 Å². The Labute approximate surface area is 309 Å². The summed E-state index contributed by atoms with van der Waals surface area (Å²) in [4.78, 5) is 50.8. The van der Waals surface area contributed by atoms with E-state index < -0.39 is 57.3 Å². The number of unbranched alkanes of at least 4 members (excludes halogenated alkanes) is 1. The van der Waals surface area contributed by atoms with E-state index in [1.807, 2.05) is 12.1 Å². The Hall–Kier alpha value is -5.32. The van der Waals surface area contributed by atoms with E-state index >= 15 is 0 Å². The number of ether oxygens (including phenoxy) is 1. The normalized spacial score (nSPS) is 12.6. The lowest BCUT2D eigenvalue weighted by molar-refractivity contribution is -0.130. The summed E-state index contributed by atoms with van der Waals surface area (Å²) < 4.78 is 34.4. The quantitative estimate of drug-likeness (QED) is 0.0505. The van der Waals surface area contributed by atoms with Gasteiger partial charge in [-0.2, -0.15) is 0 Å². The van der Waals surface area contributed by atoms with E-state index in [1.165, 1.54) is 24.3 Å². The minimum Gasteiger partial charge on any atom is -0.478 e. The highest BCUT2D eigenvalue weighted by molar-refractivity contribution is 7.88. The molecular formula is C37H49N7O8S. The Morgan fingerprint density at radius 2 is 1.45 bits per heavy atom. The molecule has 16 heteroatoms. The van der Waals surface area contributed by atoms with Crippen LogP contribution in [0.4, 0.5) is 4.79 Å². The van der Waals surface area contributed by atoms with Crippen LogP contribution in [-0.2, 0) is 49.6 Å². The fraction of sp³-hybridized carbons (Fsp3) is 0.378. The lowest BCUT2D eigenvalue weighted by atomic mass is 10.0. The zero-order valence-corrected chi connectivity index (χ0v) is 30.9. The van der Waals surface area contributed by atoms with Gasteiger partial charge < -0.3 is 37.3 Å². The van der Waals surface area contributed by atoms with Gasteiger partial charge in [0.2, 0.25) is 21.8 Å². The largest absolute Gasteiger partial charge is 0.478 e. The average molecular weight is 752 g/mol. The monoisotopic (exact) mass is 751 g/mol. The van der Waals surface area contributed by atoms with Gasteiger partial charge in [0, 0.05) is 31.6 Å². The van der Waals surface area contributed by atoms with E-state index in [0.29, 0.717) is 24.0 Å². The molecule has 0 heterocycles. The molecule has 0 saturated heterocycles. The number of nitrogens with two attached hydrogens (primary N) is 2. The maximum Gasteiger partial charge on any atom is 0.407 e. The van der Waals surface area contributed by atoms with Crippen molar-refractivity contribution in [1.82, 2.24) is 20.7 Å². The molecule has 0 aliphatic carbocycles. The van der Waals surface area contributed by atoms with E-state index in [9.17, 15) is 32.7 Å². The number of alkyl carbamates (subject to hydrolysis) is 1. The molecular weight excluding hydrogens is 703 g/mol. The van der Waals surface area contributed by atoms with Crippen LogP contribution in [-0.4, -0.2) is 67.5 Å². The first-order valence-electron chi connectivity index (χ1n) is 17.0. The van der Waals surface area contributed by atoms with Crippen LogP contribution in [0.3, 0.4) is 0 Å². The van der Waals surface area contributed by atoms with E-state index in [1.54, 1.807) is 57.2 Å². The number of aromatic carboxylic acids is 1. The number of sulfonamides is 1. The number of hydrogen-bond acceptors (Lipinski definition) is 9. The smallest absolute Gasteiger partial charge is 0.407 e. The van der Waals surface area contributed by atoms with Gasteiger partial charge in [-0.15, -0.1) is 0 Å². The molecule has 2 atom stereocenters. The molecule has 0 fully saturated rings. The number of carbonyl (C=O) groups excluding carboxylic acids is 3. The molecule has 0 bridgehead atoms. The molecule has 0 saturated carbocycles. The van der Waals surface area contributed by atoms with Crippen molar-refractivity contribution < 1.29 is 37.4 Å². The molecule has 0 unspecified atom stereocenters. The van der Waals surface area contributed by atoms with Gasteiger partial charge in [-0.05, 0) is 74.4 Å². The minimum atomic E-state index is -4.15. The first kappa shape index (κ1) is 42.1. The van der Waals surface area contributed by atoms with Crippen molar-refractivity contribution in [2.24, 2.45) is 11.5 Å². The van der Waals surface area contributed by atoms with E-state index in [-0.39, 0.29) is 43.9 Å². The van der Waals surface area contributed by atoms with Crippen molar-refractivity contribution in [2.75, 3.05) is 6.54 Å². The van der Waals surface area contributed by atoms with Gasteiger partial charge in [0.05, 0.1) is 11.3 Å². The van der Waals surface area contributed by atoms with Crippen LogP contribution in [0.25, 0.3) is 0 Å². The van der Waals surface area contributed by atoms with Crippen LogP contribution in [0, 0.1) is 5.41 Å². The molecule has 53 heavy (non-hydrogen) atoms. The first-order valence-corrected chi connectivity index (χ1v) is 18.7. The molecule has 3 rings (SSSR count). The molecule has 3 aromatic rings. The third kappa shape index (κ3) is 15.1. The number of carboxylic acid groups (broad SMARTS) is 1. The SMILES string of the molecule is CC(C)(C)OC(=O)NCCCC[C@@H](NS(=O)(=O)Cc1ccc(C(=O)O)cc1)C(=O)N[C@@H](Cc1cccc(CN)c1)C(=O)NCc1ccc(C(=N)N)cc1. The predicted molar refractivity (Wildman–Crippen MR) is 200 cm³/mol. The molecule has 0 spiro atoms. The van der Waals surface area contributed by atoms with Crippen molar-refractivity contribution in [3.63, 3.8) is 0 Å². The zero-order chi connectivity index (χ0) is 39.2. The summed E-state index contributed by atoms with van der Waals surface area (Å²) in [5, 5.41) is 25.0. The first-order chi connectivity index (χ1) is 24.9. The molecule has 0 radical (unpaired) electrons. The zero-order valence-electron chi connectivity index (χ0n) is 30.1. The van der Waals surface area contributed by atoms with Crippen molar-refractivity contribution in [1.29, 1.82) is 5.41 Å². The number of benzene rings is 3. The lowest BCUT2D eigenvalue weighted by Crippen LogP contribution is -2.54. The lowest BCUT2D eigenvalue weighted by Gasteiger charge is -2.24. The van der Waals surface area contributed by atoms with Crippen LogP contribution in [0.15, 0.2) is 72.8 Å². The number of carboxylic acids is 1. The number of carbonyl (C=O) groups is 4. The highest BCUT2D eigenvalue weighted by Crippen LogP contribution is 2.13. The maximum atomic E-state index is 13.9. The molecule has 15 nitrogen and oxygen atoms in total. The van der Waals surface area contributed by atoms with Crippen LogP contribution < -0.4 is 32.1 Å². The fourth-order valence-corrected chi connectivity index (χ4v) is 6.53. The Morgan fingerprint density at radius 1 is 0.830 bits per heavy atom.